The Morgan fingerprint density at radius 1 is 0.882 bits per heavy atom. The molecule has 1 saturated heterocycles. The van der Waals surface area contributed by atoms with Crippen LogP contribution in [0.25, 0.3) is 0 Å². The molecular formula is C28H28FNO4. The number of hydrogen-bond donors (Lipinski definition) is 0. The largest absolute Gasteiger partial charge is 0.509 e. The van der Waals surface area contributed by atoms with Crippen LogP contribution >= 0.6 is 0 Å². The number of carbonyl (C=O) groups is 2. The first-order valence-electron chi connectivity index (χ1n) is 11.5. The lowest BCUT2D eigenvalue weighted by Gasteiger charge is -2.33. The Morgan fingerprint density at radius 3 is 2.15 bits per heavy atom. The number of halogens is 1. The van der Waals surface area contributed by atoms with Crippen LogP contribution in [0.15, 0.2) is 84.9 Å². The van der Waals surface area contributed by atoms with Gasteiger partial charge in [0.15, 0.2) is 5.78 Å². The van der Waals surface area contributed by atoms with E-state index in [1.54, 1.807) is 12.1 Å². The minimum absolute atomic E-state index is 0.0556. The molecular weight excluding hydrogens is 433 g/mol. The van der Waals surface area contributed by atoms with Crippen LogP contribution < -0.4 is 0 Å². The van der Waals surface area contributed by atoms with Crippen molar-refractivity contribution in [3.05, 3.63) is 107 Å². The lowest BCUT2D eigenvalue weighted by Crippen LogP contribution is -2.39. The summed E-state index contributed by atoms with van der Waals surface area (Å²) in [5, 5.41) is 0. The van der Waals surface area contributed by atoms with Crippen molar-refractivity contribution in [1.29, 1.82) is 0 Å². The first kappa shape index (κ1) is 23.6. The zero-order valence-electron chi connectivity index (χ0n) is 18.9. The molecule has 0 saturated carbocycles. The van der Waals surface area contributed by atoms with Crippen LogP contribution in [0, 0.1) is 11.7 Å². The summed E-state index contributed by atoms with van der Waals surface area (Å²) >= 11 is 0. The number of nitrogens with zero attached hydrogens (tertiary/aromatic N) is 1. The van der Waals surface area contributed by atoms with Crippen LogP contribution in [0.1, 0.15) is 40.4 Å². The van der Waals surface area contributed by atoms with E-state index in [1.807, 2.05) is 60.7 Å². The van der Waals surface area contributed by atoms with Crippen LogP contribution in [0.5, 0.6) is 0 Å². The molecule has 0 spiro atoms. The smallest absolute Gasteiger partial charge is 0.429 e. The highest BCUT2D eigenvalue weighted by Gasteiger charge is 2.28. The fourth-order valence-corrected chi connectivity index (χ4v) is 4.21. The van der Waals surface area contributed by atoms with Crippen LogP contribution in [0.3, 0.4) is 0 Å². The predicted molar refractivity (Wildman–Crippen MR) is 127 cm³/mol. The van der Waals surface area contributed by atoms with Gasteiger partial charge >= 0.3 is 6.16 Å². The standard InChI is InChI=1S/C28H28FNO4/c29-25-13-11-23(12-14-25)27(31)24-15-17-30(18-16-24)19-26(22-9-5-2-6-10-22)34-28(32)33-20-21-7-3-1-4-8-21/h1-14,24,26H,15-20H2. The Labute approximate surface area is 199 Å². The van der Waals surface area contributed by atoms with Gasteiger partial charge < -0.3 is 9.47 Å². The average molecular weight is 462 g/mol. The fraction of sp³-hybridized carbons (Fsp3) is 0.286. The van der Waals surface area contributed by atoms with Crippen molar-refractivity contribution >= 4 is 11.9 Å². The number of Topliss-reactive ketones (excluding diaryl/α,β-unsaturated/α-hetero) is 1. The summed E-state index contributed by atoms with van der Waals surface area (Å²) in [4.78, 5) is 27.4. The van der Waals surface area contributed by atoms with E-state index in [2.05, 4.69) is 4.90 Å². The second kappa shape index (κ2) is 11.6. The quantitative estimate of drug-likeness (QED) is 0.313. The van der Waals surface area contributed by atoms with Crippen molar-refractivity contribution in [2.45, 2.75) is 25.6 Å². The van der Waals surface area contributed by atoms with Gasteiger partial charge in [0.1, 0.15) is 18.5 Å². The van der Waals surface area contributed by atoms with Gasteiger partial charge in [-0.2, -0.15) is 0 Å². The van der Waals surface area contributed by atoms with Gasteiger partial charge in [-0.15, -0.1) is 0 Å². The van der Waals surface area contributed by atoms with Crippen LogP contribution in [-0.2, 0) is 16.1 Å². The van der Waals surface area contributed by atoms with Gasteiger partial charge in [-0.25, -0.2) is 9.18 Å². The highest BCUT2D eigenvalue weighted by molar-refractivity contribution is 5.97. The molecule has 1 aliphatic rings. The van der Waals surface area contributed by atoms with Crippen molar-refractivity contribution in [2.75, 3.05) is 19.6 Å². The molecule has 3 aromatic carbocycles. The molecule has 0 aliphatic carbocycles. The molecule has 4 rings (SSSR count). The molecule has 1 fully saturated rings. The lowest BCUT2D eigenvalue weighted by molar-refractivity contribution is 0.00227. The SMILES string of the molecule is O=C(OCc1ccccc1)OC(CN1CCC(C(=O)c2ccc(F)cc2)CC1)c1ccccc1. The van der Waals surface area contributed by atoms with E-state index in [4.69, 9.17) is 9.47 Å². The summed E-state index contributed by atoms with van der Waals surface area (Å²) in [6.45, 7) is 2.09. The maximum Gasteiger partial charge on any atom is 0.509 e. The molecule has 34 heavy (non-hydrogen) atoms. The van der Waals surface area contributed by atoms with E-state index in [0.29, 0.717) is 38.0 Å². The van der Waals surface area contributed by atoms with Crippen molar-refractivity contribution in [3.8, 4) is 0 Å². The topological polar surface area (TPSA) is 55.8 Å². The number of ketones is 1. The van der Waals surface area contributed by atoms with Gasteiger partial charge in [-0.3, -0.25) is 9.69 Å². The van der Waals surface area contributed by atoms with Gasteiger partial charge in [-0.1, -0.05) is 60.7 Å². The molecule has 0 amide bonds. The summed E-state index contributed by atoms with van der Waals surface area (Å²) in [5.74, 6) is -0.380. The summed E-state index contributed by atoms with van der Waals surface area (Å²) in [5.41, 5.74) is 2.33. The Kier molecular flexibility index (Phi) is 8.04. The molecule has 176 valence electrons. The monoisotopic (exact) mass is 461 g/mol. The molecule has 5 nitrogen and oxygen atoms in total. The summed E-state index contributed by atoms with van der Waals surface area (Å²) in [6.07, 6.45) is 0.222. The molecule has 0 bridgehead atoms. The van der Waals surface area contributed by atoms with E-state index in [-0.39, 0.29) is 24.1 Å². The van der Waals surface area contributed by atoms with Crippen LogP contribution in [0.2, 0.25) is 0 Å². The molecule has 6 heteroatoms. The number of rotatable bonds is 8. The Bertz CT molecular complexity index is 1060. The third kappa shape index (κ3) is 6.51. The normalized spacial score (nSPS) is 15.4. The van der Waals surface area contributed by atoms with Crippen molar-refractivity contribution in [1.82, 2.24) is 4.90 Å². The summed E-state index contributed by atoms with van der Waals surface area (Å²) in [6, 6.07) is 24.8. The Morgan fingerprint density at radius 2 is 1.50 bits per heavy atom. The first-order chi connectivity index (χ1) is 16.6. The molecule has 0 aromatic heterocycles. The molecule has 1 unspecified atom stereocenters. The first-order valence-corrected chi connectivity index (χ1v) is 11.5. The highest BCUT2D eigenvalue weighted by Crippen LogP contribution is 2.26. The summed E-state index contributed by atoms with van der Waals surface area (Å²) < 4.78 is 24.2. The zero-order valence-corrected chi connectivity index (χ0v) is 18.9. The summed E-state index contributed by atoms with van der Waals surface area (Å²) in [7, 11) is 0. The van der Waals surface area contributed by atoms with Gasteiger partial charge in [-0.05, 0) is 61.3 Å². The molecule has 1 atom stereocenters. The second-order valence-electron chi connectivity index (χ2n) is 8.49. The number of benzene rings is 3. The van der Waals surface area contributed by atoms with Crippen LogP contribution in [-0.4, -0.2) is 36.5 Å². The highest BCUT2D eigenvalue weighted by atomic mass is 19.1. The maximum atomic E-state index is 13.2. The zero-order chi connectivity index (χ0) is 23.8. The van der Waals surface area contributed by atoms with E-state index >= 15 is 0 Å². The maximum absolute atomic E-state index is 13.2. The van der Waals surface area contributed by atoms with Crippen molar-refractivity contribution in [2.24, 2.45) is 5.92 Å². The van der Waals surface area contributed by atoms with E-state index in [0.717, 1.165) is 11.1 Å². The molecule has 3 aromatic rings. The van der Waals surface area contributed by atoms with E-state index < -0.39 is 12.3 Å². The number of carbonyl (C=O) groups excluding carboxylic acids is 2. The predicted octanol–water partition coefficient (Wildman–Crippen LogP) is 5.82. The van der Waals surface area contributed by atoms with Gasteiger partial charge in [0.05, 0.1) is 0 Å². The molecule has 0 N–H and O–H groups in total. The minimum Gasteiger partial charge on any atom is -0.429 e. The lowest BCUT2D eigenvalue weighted by atomic mass is 9.88. The average Bonchev–Trinajstić information content (AvgIpc) is 2.89. The Balaban J connectivity index is 1.33. The molecule has 0 radical (unpaired) electrons. The number of likely N-dealkylation sites (tertiary alicyclic amines) is 1. The van der Waals surface area contributed by atoms with Crippen LogP contribution in [0.4, 0.5) is 9.18 Å². The third-order valence-corrected chi connectivity index (χ3v) is 6.12. The number of hydrogen-bond acceptors (Lipinski definition) is 5. The number of ether oxygens (including phenoxy) is 2. The van der Waals surface area contributed by atoms with Crippen molar-refractivity contribution in [3.63, 3.8) is 0 Å². The fourth-order valence-electron chi connectivity index (χ4n) is 4.21. The van der Waals surface area contributed by atoms with Gasteiger partial charge in [0.2, 0.25) is 0 Å². The third-order valence-electron chi connectivity index (χ3n) is 6.12. The van der Waals surface area contributed by atoms with Gasteiger partial charge in [0.25, 0.3) is 0 Å². The van der Waals surface area contributed by atoms with Gasteiger partial charge in [0, 0.05) is 18.0 Å². The van der Waals surface area contributed by atoms with E-state index in [1.165, 1.54) is 12.1 Å². The minimum atomic E-state index is -0.709. The van der Waals surface area contributed by atoms with E-state index in [9.17, 15) is 14.0 Å². The Hall–Kier alpha value is -3.51. The molecule has 1 aliphatic heterocycles. The number of piperidine rings is 1. The second-order valence-corrected chi connectivity index (χ2v) is 8.49. The van der Waals surface area contributed by atoms with Crippen molar-refractivity contribution < 1.29 is 23.5 Å². The molecule has 1 heterocycles.